The van der Waals surface area contributed by atoms with Gasteiger partial charge in [-0.1, -0.05) is 5.92 Å². The maximum absolute atomic E-state index is 11.3. The number of hydrogen-bond donors (Lipinski definition) is 1. The topological polar surface area (TPSA) is 57.6 Å². The van der Waals surface area contributed by atoms with E-state index in [0.29, 0.717) is 0 Å². The van der Waals surface area contributed by atoms with Crippen molar-refractivity contribution in [1.29, 1.82) is 0 Å². The molecule has 4 nitrogen and oxygen atoms in total. The van der Waals surface area contributed by atoms with Gasteiger partial charge < -0.3 is 10.0 Å². The van der Waals surface area contributed by atoms with E-state index < -0.39 is 5.97 Å². The van der Waals surface area contributed by atoms with Crippen LogP contribution in [0.25, 0.3) is 0 Å². The number of carbonyl (C=O) groups is 2. The van der Waals surface area contributed by atoms with Crippen molar-refractivity contribution in [2.24, 2.45) is 0 Å². The molecule has 70 valence electrons. The number of carboxylic acid groups (broad SMARTS) is 1. The lowest BCUT2D eigenvalue weighted by Crippen LogP contribution is -2.37. The standard InChI is InChI=1S/C9H11NO3/c1-2-3-8(11)10(6-9(12)13)7-4-5-7/h1,7H,3-6H2,(H,12,13). The van der Waals surface area contributed by atoms with Gasteiger partial charge in [0.1, 0.15) is 6.54 Å². The van der Waals surface area contributed by atoms with Gasteiger partial charge in [-0.2, -0.15) is 0 Å². The summed E-state index contributed by atoms with van der Waals surface area (Å²) >= 11 is 0. The lowest BCUT2D eigenvalue weighted by Gasteiger charge is -2.18. The molecule has 0 spiro atoms. The molecule has 1 N–H and O–H groups in total. The Bertz CT molecular complexity index is 263. The van der Waals surface area contributed by atoms with E-state index in [0.717, 1.165) is 12.8 Å². The highest BCUT2D eigenvalue weighted by molar-refractivity contribution is 5.83. The van der Waals surface area contributed by atoms with E-state index in [1.807, 2.05) is 0 Å². The second-order valence-electron chi connectivity index (χ2n) is 3.03. The zero-order chi connectivity index (χ0) is 9.84. The minimum atomic E-state index is -0.989. The summed E-state index contributed by atoms with van der Waals surface area (Å²) in [7, 11) is 0. The summed E-state index contributed by atoms with van der Waals surface area (Å²) in [5, 5.41) is 8.53. The summed E-state index contributed by atoms with van der Waals surface area (Å²) in [6.45, 7) is -0.231. The van der Waals surface area contributed by atoms with Crippen LogP contribution in [0.5, 0.6) is 0 Å². The van der Waals surface area contributed by atoms with Gasteiger partial charge in [0, 0.05) is 6.04 Å². The summed E-state index contributed by atoms with van der Waals surface area (Å²) < 4.78 is 0. The summed E-state index contributed by atoms with van der Waals surface area (Å²) in [6.07, 6.45) is 6.75. The molecule has 0 saturated heterocycles. The normalized spacial score (nSPS) is 14.7. The van der Waals surface area contributed by atoms with Crippen molar-refractivity contribution in [2.45, 2.75) is 25.3 Å². The fourth-order valence-electron chi connectivity index (χ4n) is 1.14. The number of carbonyl (C=O) groups excluding carboxylic acids is 1. The number of nitrogens with zero attached hydrogens (tertiary/aromatic N) is 1. The van der Waals surface area contributed by atoms with E-state index in [1.54, 1.807) is 0 Å². The van der Waals surface area contributed by atoms with E-state index >= 15 is 0 Å². The van der Waals surface area contributed by atoms with Gasteiger partial charge in [0.15, 0.2) is 0 Å². The fourth-order valence-corrected chi connectivity index (χ4v) is 1.14. The highest BCUT2D eigenvalue weighted by Crippen LogP contribution is 2.26. The molecule has 1 fully saturated rings. The maximum Gasteiger partial charge on any atom is 0.323 e. The smallest absolute Gasteiger partial charge is 0.323 e. The van der Waals surface area contributed by atoms with Crippen molar-refractivity contribution in [2.75, 3.05) is 6.54 Å². The number of aliphatic carboxylic acids is 1. The van der Waals surface area contributed by atoms with E-state index in [9.17, 15) is 9.59 Å². The number of terminal acetylenes is 1. The Hall–Kier alpha value is -1.50. The summed E-state index contributed by atoms with van der Waals surface area (Å²) in [4.78, 5) is 23.0. The second-order valence-corrected chi connectivity index (χ2v) is 3.03. The SMILES string of the molecule is C#CCC(=O)N(CC(=O)O)C1CC1. The monoisotopic (exact) mass is 181 g/mol. The first-order chi connectivity index (χ1) is 6.15. The Morgan fingerprint density at radius 3 is 2.54 bits per heavy atom. The first-order valence-corrected chi connectivity index (χ1v) is 4.10. The van der Waals surface area contributed by atoms with Crippen LogP contribution >= 0.6 is 0 Å². The molecule has 1 saturated carbocycles. The molecular formula is C9H11NO3. The van der Waals surface area contributed by atoms with Crippen LogP contribution in [0.4, 0.5) is 0 Å². The van der Waals surface area contributed by atoms with Gasteiger partial charge >= 0.3 is 5.97 Å². The molecule has 1 amide bonds. The number of hydrogen-bond acceptors (Lipinski definition) is 2. The van der Waals surface area contributed by atoms with Crippen molar-refractivity contribution in [3.05, 3.63) is 0 Å². The van der Waals surface area contributed by atoms with Gasteiger partial charge in [-0.25, -0.2) is 0 Å². The molecule has 1 aliphatic carbocycles. The summed E-state index contributed by atoms with van der Waals surface area (Å²) in [5.41, 5.74) is 0. The number of amides is 1. The van der Waals surface area contributed by atoms with Crippen LogP contribution in [0.1, 0.15) is 19.3 Å². The third-order valence-corrected chi connectivity index (χ3v) is 1.87. The van der Waals surface area contributed by atoms with E-state index in [1.165, 1.54) is 4.90 Å². The van der Waals surface area contributed by atoms with E-state index in [4.69, 9.17) is 11.5 Å². The minimum Gasteiger partial charge on any atom is -0.480 e. The Morgan fingerprint density at radius 2 is 2.15 bits per heavy atom. The van der Waals surface area contributed by atoms with E-state index in [2.05, 4.69) is 5.92 Å². The highest BCUT2D eigenvalue weighted by Gasteiger charge is 2.33. The summed E-state index contributed by atoms with van der Waals surface area (Å²) in [5.74, 6) is 0.974. The minimum absolute atomic E-state index is 0.0101. The van der Waals surface area contributed by atoms with E-state index in [-0.39, 0.29) is 24.9 Å². The predicted molar refractivity (Wildman–Crippen MR) is 45.8 cm³/mol. The van der Waals surface area contributed by atoms with Gasteiger partial charge in [0.25, 0.3) is 0 Å². The predicted octanol–water partition coefficient (Wildman–Crippen LogP) is 0.0853. The van der Waals surface area contributed by atoms with Crippen LogP contribution in [0.3, 0.4) is 0 Å². The van der Waals surface area contributed by atoms with Crippen LogP contribution in [0, 0.1) is 12.3 Å². The van der Waals surface area contributed by atoms with Crippen molar-refractivity contribution >= 4 is 11.9 Å². The van der Waals surface area contributed by atoms with Crippen LogP contribution in [0.2, 0.25) is 0 Å². The zero-order valence-electron chi connectivity index (χ0n) is 7.19. The van der Waals surface area contributed by atoms with Gasteiger partial charge in [0.05, 0.1) is 6.42 Å². The number of carboxylic acids is 1. The van der Waals surface area contributed by atoms with Crippen molar-refractivity contribution in [3.63, 3.8) is 0 Å². The third kappa shape index (κ3) is 2.79. The highest BCUT2D eigenvalue weighted by atomic mass is 16.4. The Morgan fingerprint density at radius 1 is 1.54 bits per heavy atom. The molecule has 0 atom stereocenters. The Balaban J connectivity index is 2.51. The van der Waals surface area contributed by atoms with Gasteiger partial charge in [0.2, 0.25) is 5.91 Å². The van der Waals surface area contributed by atoms with Crippen LogP contribution < -0.4 is 0 Å². The molecule has 13 heavy (non-hydrogen) atoms. The second kappa shape index (κ2) is 3.94. The molecular weight excluding hydrogens is 170 g/mol. The molecule has 1 aliphatic rings. The average molecular weight is 181 g/mol. The van der Waals surface area contributed by atoms with Crippen molar-refractivity contribution in [1.82, 2.24) is 4.90 Å². The molecule has 1 rings (SSSR count). The molecule has 0 radical (unpaired) electrons. The van der Waals surface area contributed by atoms with Crippen molar-refractivity contribution < 1.29 is 14.7 Å². The lowest BCUT2D eigenvalue weighted by atomic mass is 10.3. The molecule has 0 unspecified atom stereocenters. The quantitative estimate of drug-likeness (QED) is 0.625. The average Bonchev–Trinajstić information content (AvgIpc) is 2.82. The van der Waals surface area contributed by atoms with Gasteiger partial charge in [-0.15, -0.1) is 6.42 Å². The fraction of sp³-hybridized carbons (Fsp3) is 0.556. The van der Waals surface area contributed by atoms with Crippen LogP contribution in [-0.2, 0) is 9.59 Å². The van der Waals surface area contributed by atoms with Crippen molar-refractivity contribution in [3.8, 4) is 12.3 Å². The van der Waals surface area contributed by atoms with Gasteiger partial charge in [-0.05, 0) is 12.8 Å². The Labute approximate surface area is 76.5 Å². The summed E-state index contributed by atoms with van der Waals surface area (Å²) in [6, 6.07) is 0.108. The Kier molecular flexibility index (Phi) is 2.91. The maximum atomic E-state index is 11.3. The molecule has 0 bridgehead atoms. The molecule has 4 heteroatoms. The molecule has 0 aromatic carbocycles. The van der Waals surface area contributed by atoms with Crippen LogP contribution in [0.15, 0.2) is 0 Å². The zero-order valence-corrected chi connectivity index (χ0v) is 7.19. The lowest BCUT2D eigenvalue weighted by molar-refractivity contribution is -0.144. The first kappa shape index (κ1) is 9.59. The number of rotatable bonds is 4. The van der Waals surface area contributed by atoms with Crippen LogP contribution in [-0.4, -0.2) is 34.5 Å². The largest absolute Gasteiger partial charge is 0.480 e. The van der Waals surface area contributed by atoms with Gasteiger partial charge in [-0.3, -0.25) is 9.59 Å². The third-order valence-electron chi connectivity index (χ3n) is 1.87. The first-order valence-electron chi connectivity index (χ1n) is 4.10. The molecule has 0 heterocycles. The molecule has 0 aromatic rings. The molecule has 0 aliphatic heterocycles. The molecule has 0 aromatic heterocycles.